The quantitative estimate of drug-likeness (QED) is 0.875. The van der Waals surface area contributed by atoms with Gasteiger partial charge in [0.25, 0.3) is 10.0 Å². The van der Waals surface area contributed by atoms with E-state index in [1.807, 2.05) is 12.1 Å². The smallest absolute Gasteiger partial charge is 0.261 e. The minimum Gasteiger partial charge on any atom is -0.497 e. The van der Waals surface area contributed by atoms with Gasteiger partial charge < -0.3 is 4.74 Å². The molecule has 2 rings (SSSR count). The highest BCUT2D eigenvalue weighted by Gasteiger charge is 2.14. The number of sulfonamides is 1. The molecule has 5 heteroatoms. The number of anilines is 1. The SMILES string of the molecule is CC[C@@H](C)c1ccc(NS(=O)(=O)c2ccc(OC)cc2)cc1. The highest BCUT2D eigenvalue weighted by molar-refractivity contribution is 7.92. The van der Waals surface area contributed by atoms with Crippen LogP contribution in [0.3, 0.4) is 0 Å². The fourth-order valence-electron chi connectivity index (χ4n) is 2.08. The van der Waals surface area contributed by atoms with Gasteiger partial charge >= 0.3 is 0 Å². The number of rotatable bonds is 6. The summed E-state index contributed by atoms with van der Waals surface area (Å²) in [5.74, 6) is 1.09. The molecule has 0 aromatic heterocycles. The van der Waals surface area contributed by atoms with Crippen LogP contribution in [0, 0.1) is 0 Å². The van der Waals surface area contributed by atoms with E-state index in [9.17, 15) is 8.42 Å². The maximum absolute atomic E-state index is 12.3. The molecule has 22 heavy (non-hydrogen) atoms. The summed E-state index contributed by atoms with van der Waals surface area (Å²) in [5, 5.41) is 0. The normalized spacial score (nSPS) is 12.7. The second-order valence-corrected chi connectivity index (χ2v) is 6.89. The first-order valence-corrected chi connectivity index (χ1v) is 8.71. The fraction of sp³-hybridized carbons (Fsp3) is 0.294. The van der Waals surface area contributed by atoms with E-state index in [0.29, 0.717) is 17.4 Å². The number of hydrogen-bond acceptors (Lipinski definition) is 3. The maximum Gasteiger partial charge on any atom is 0.261 e. The van der Waals surface area contributed by atoms with Gasteiger partial charge in [-0.15, -0.1) is 0 Å². The molecule has 0 aliphatic carbocycles. The third-order valence-corrected chi connectivity index (χ3v) is 5.11. The van der Waals surface area contributed by atoms with Crippen molar-refractivity contribution in [3.63, 3.8) is 0 Å². The van der Waals surface area contributed by atoms with Gasteiger partial charge in [0, 0.05) is 5.69 Å². The summed E-state index contributed by atoms with van der Waals surface area (Å²) in [7, 11) is -2.04. The van der Waals surface area contributed by atoms with E-state index in [1.165, 1.54) is 17.7 Å². The summed E-state index contributed by atoms with van der Waals surface area (Å²) in [6, 6.07) is 13.8. The second kappa shape index (κ2) is 6.83. The Kier molecular flexibility index (Phi) is 5.08. The van der Waals surface area contributed by atoms with E-state index in [-0.39, 0.29) is 4.90 Å². The number of hydrogen-bond donors (Lipinski definition) is 1. The minimum absolute atomic E-state index is 0.208. The van der Waals surface area contributed by atoms with Crippen molar-refractivity contribution in [3.8, 4) is 5.75 Å². The van der Waals surface area contributed by atoms with Crippen LogP contribution in [0.4, 0.5) is 5.69 Å². The van der Waals surface area contributed by atoms with Crippen LogP contribution < -0.4 is 9.46 Å². The van der Waals surface area contributed by atoms with E-state index in [2.05, 4.69) is 18.6 Å². The van der Waals surface area contributed by atoms with Crippen LogP contribution in [0.5, 0.6) is 5.75 Å². The van der Waals surface area contributed by atoms with Gasteiger partial charge in [-0.1, -0.05) is 26.0 Å². The Bertz CT molecular complexity index is 707. The molecule has 4 nitrogen and oxygen atoms in total. The average Bonchev–Trinajstić information content (AvgIpc) is 2.54. The first-order valence-electron chi connectivity index (χ1n) is 7.23. The Hall–Kier alpha value is -2.01. The minimum atomic E-state index is -3.58. The van der Waals surface area contributed by atoms with Gasteiger partial charge in [0.15, 0.2) is 0 Å². The largest absolute Gasteiger partial charge is 0.497 e. The molecule has 2 aromatic carbocycles. The Morgan fingerprint density at radius 2 is 1.64 bits per heavy atom. The zero-order valence-electron chi connectivity index (χ0n) is 13.0. The van der Waals surface area contributed by atoms with Crippen molar-refractivity contribution >= 4 is 15.7 Å². The predicted octanol–water partition coefficient (Wildman–Crippen LogP) is 4.01. The molecule has 1 N–H and O–H groups in total. The van der Waals surface area contributed by atoms with E-state index in [0.717, 1.165) is 6.42 Å². The van der Waals surface area contributed by atoms with Gasteiger partial charge in [0.2, 0.25) is 0 Å². The Labute approximate surface area is 132 Å². The van der Waals surface area contributed by atoms with Crippen LogP contribution in [0.25, 0.3) is 0 Å². The fourth-order valence-corrected chi connectivity index (χ4v) is 3.14. The molecule has 0 amide bonds. The molecule has 0 radical (unpaired) electrons. The lowest BCUT2D eigenvalue weighted by Crippen LogP contribution is -2.12. The van der Waals surface area contributed by atoms with Crippen LogP contribution in [0.15, 0.2) is 53.4 Å². The van der Waals surface area contributed by atoms with Crippen molar-refractivity contribution in [2.24, 2.45) is 0 Å². The topological polar surface area (TPSA) is 55.4 Å². The maximum atomic E-state index is 12.3. The molecule has 0 aliphatic rings. The van der Waals surface area contributed by atoms with Crippen LogP contribution >= 0.6 is 0 Å². The van der Waals surface area contributed by atoms with Gasteiger partial charge in [0.1, 0.15) is 5.75 Å². The monoisotopic (exact) mass is 319 g/mol. The zero-order chi connectivity index (χ0) is 16.2. The molecule has 118 valence electrons. The first-order chi connectivity index (χ1) is 10.5. The second-order valence-electron chi connectivity index (χ2n) is 5.21. The summed E-state index contributed by atoms with van der Waals surface area (Å²) in [5.41, 5.74) is 1.76. The Morgan fingerprint density at radius 3 is 2.14 bits per heavy atom. The van der Waals surface area contributed by atoms with E-state index in [4.69, 9.17) is 4.74 Å². The van der Waals surface area contributed by atoms with Gasteiger partial charge in [-0.25, -0.2) is 8.42 Å². The first kappa shape index (κ1) is 16.4. The molecule has 0 spiro atoms. The highest BCUT2D eigenvalue weighted by atomic mass is 32.2. The number of methoxy groups -OCH3 is 1. The number of nitrogens with one attached hydrogen (secondary N) is 1. The van der Waals surface area contributed by atoms with Crippen LogP contribution in [0.1, 0.15) is 31.7 Å². The number of benzene rings is 2. The third-order valence-electron chi connectivity index (χ3n) is 3.71. The van der Waals surface area contributed by atoms with E-state index >= 15 is 0 Å². The summed E-state index contributed by atoms with van der Waals surface area (Å²) in [6.07, 6.45) is 1.05. The Balaban J connectivity index is 2.17. The molecule has 0 saturated heterocycles. The van der Waals surface area contributed by atoms with E-state index in [1.54, 1.807) is 31.4 Å². The van der Waals surface area contributed by atoms with Gasteiger partial charge in [-0.2, -0.15) is 0 Å². The van der Waals surface area contributed by atoms with E-state index < -0.39 is 10.0 Å². The molecule has 0 bridgehead atoms. The predicted molar refractivity (Wildman–Crippen MR) is 89.0 cm³/mol. The van der Waals surface area contributed by atoms with Crippen molar-refractivity contribution in [1.29, 1.82) is 0 Å². The molecule has 0 heterocycles. The molecule has 0 saturated carbocycles. The molecule has 1 atom stereocenters. The Morgan fingerprint density at radius 1 is 1.05 bits per heavy atom. The van der Waals surface area contributed by atoms with Gasteiger partial charge in [-0.3, -0.25) is 4.72 Å². The summed E-state index contributed by atoms with van der Waals surface area (Å²) in [4.78, 5) is 0.208. The molecule has 2 aromatic rings. The molecular weight excluding hydrogens is 298 g/mol. The molecule has 0 unspecified atom stereocenters. The van der Waals surface area contributed by atoms with Crippen LogP contribution in [-0.2, 0) is 10.0 Å². The highest BCUT2D eigenvalue weighted by Crippen LogP contribution is 2.23. The number of ether oxygens (including phenoxy) is 1. The lowest BCUT2D eigenvalue weighted by atomic mass is 9.99. The van der Waals surface area contributed by atoms with Crippen molar-refractivity contribution in [2.75, 3.05) is 11.8 Å². The summed E-state index contributed by atoms with van der Waals surface area (Å²) >= 11 is 0. The zero-order valence-corrected chi connectivity index (χ0v) is 13.9. The molecular formula is C17H21NO3S. The van der Waals surface area contributed by atoms with Gasteiger partial charge in [0.05, 0.1) is 12.0 Å². The lowest BCUT2D eigenvalue weighted by Gasteiger charge is -2.12. The van der Waals surface area contributed by atoms with Crippen molar-refractivity contribution in [2.45, 2.75) is 31.1 Å². The lowest BCUT2D eigenvalue weighted by molar-refractivity contribution is 0.414. The summed E-state index contributed by atoms with van der Waals surface area (Å²) < 4.78 is 32.3. The molecule has 0 fully saturated rings. The van der Waals surface area contributed by atoms with Crippen molar-refractivity contribution < 1.29 is 13.2 Å². The third kappa shape index (κ3) is 3.80. The summed E-state index contributed by atoms with van der Waals surface area (Å²) in [6.45, 7) is 4.28. The average molecular weight is 319 g/mol. The standard InChI is InChI=1S/C17H21NO3S/c1-4-13(2)14-5-7-15(8-6-14)18-22(19,20)17-11-9-16(21-3)10-12-17/h5-13,18H,4H2,1-3H3/t13-/m1/s1. The van der Waals surface area contributed by atoms with Crippen LogP contribution in [-0.4, -0.2) is 15.5 Å². The van der Waals surface area contributed by atoms with Crippen LogP contribution in [0.2, 0.25) is 0 Å². The van der Waals surface area contributed by atoms with Crippen molar-refractivity contribution in [1.82, 2.24) is 0 Å². The van der Waals surface area contributed by atoms with Crippen molar-refractivity contribution in [3.05, 3.63) is 54.1 Å². The van der Waals surface area contributed by atoms with Gasteiger partial charge in [-0.05, 0) is 54.3 Å². The molecule has 0 aliphatic heterocycles.